The number of halogens is 2. The fraction of sp³-hybridized carbons (Fsp3) is 0.130. The largest absolute Gasteiger partial charge is 0.350 e. The molecule has 4 aromatic rings. The van der Waals surface area contributed by atoms with E-state index in [1.807, 2.05) is 6.07 Å². The zero-order valence-corrected chi connectivity index (χ0v) is 21.0. The van der Waals surface area contributed by atoms with Gasteiger partial charge in [0.05, 0.1) is 29.0 Å². The van der Waals surface area contributed by atoms with Crippen LogP contribution in [0.15, 0.2) is 55.1 Å². The van der Waals surface area contributed by atoms with Crippen LogP contribution in [-0.2, 0) is 15.6 Å². The van der Waals surface area contributed by atoms with Crippen molar-refractivity contribution < 1.29 is 23.5 Å². The molecule has 0 spiro atoms. The van der Waals surface area contributed by atoms with E-state index in [4.69, 9.17) is 32.6 Å². The fourth-order valence-corrected chi connectivity index (χ4v) is 6.35. The Morgan fingerprint density at radius 1 is 1.23 bits per heavy atom. The Hall–Kier alpha value is -3.41. The third kappa shape index (κ3) is 4.88. The first-order valence-corrected chi connectivity index (χ1v) is 12.5. The molecule has 0 aliphatic carbocycles. The maximum absolute atomic E-state index is 14.4. The maximum atomic E-state index is 14.4. The summed E-state index contributed by atoms with van der Waals surface area (Å²) in [4.78, 5) is 25.5. The molecule has 12 heteroatoms. The predicted molar refractivity (Wildman–Crippen MR) is 131 cm³/mol. The number of hydrogen-bond acceptors (Lipinski definition) is 6. The van der Waals surface area contributed by atoms with E-state index in [0.717, 1.165) is 0 Å². The number of carbonyl (C=O) groups excluding carboxylic acids is 1. The van der Waals surface area contributed by atoms with Gasteiger partial charge in [-0.2, -0.15) is 5.26 Å². The van der Waals surface area contributed by atoms with Crippen LogP contribution in [0, 0.1) is 11.3 Å². The Morgan fingerprint density at radius 3 is 2.74 bits per heavy atom. The van der Waals surface area contributed by atoms with Crippen LogP contribution in [0.4, 0.5) is 0 Å². The first-order valence-electron chi connectivity index (χ1n) is 10.2. The van der Waals surface area contributed by atoms with E-state index >= 15 is 0 Å². The molecule has 0 aliphatic heterocycles. The molecule has 0 bridgehead atoms. The molecule has 2 heterocycles. The second-order valence-corrected chi connectivity index (χ2v) is 10.7. The molecular formula is C23H19Cl2N5O4P+. The van der Waals surface area contributed by atoms with E-state index < -0.39 is 13.3 Å². The van der Waals surface area contributed by atoms with Gasteiger partial charge < -0.3 is 19.7 Å². The van der Waals surface area contributed by atoms with Crippen molar-refractivity contribution in [1.82, 2.24) is 15.3 Å². The van der Waals surface area contributed by atoms with Gasteiger partial charge in [-0.1, -0.05) is 32.9 Å². The van der Waals surface area contributed by atoms with Gasteiger partial charge in [-0.3, -0.25) is 9.36 Å². The van der Waals surface area contributed by atoms with Crippen LogP contribution in [0.3, 0.4) is 0 Å². The maximum Gasteiger partial charge on any atom is 0.324 e. The van der Waals surface area contributed by atoms with E-state index in [2.05, 4.69) is 15.3 Å². The average molecular weight is 531 g/mol. The predicted octanol–water partition coefficient (Wildman–Crippen LogP) is 2.89. The molecule has 1 unspecified atom stereocenters. The molecule has 0 aliphatic rings. The van der Waals surface area contributed by atoms with Gasteiger partial charge in [-0.05, 0) is 36.4 Å². The number of nitrogens with one attached hydrogen (secondary N) is 2. The molecule has 178 valence electrons. The molecule has 35 heavy (non-hydrogen) atoms. The summed E-state index contributed by atoms with van der Waals surface area (Å²) < 4.78 is 21.4. The summed E-state index contributed by atoms with van der Waals surface area (Å²) in [5.41, 5.74) is 1.45. The lowest BCUT2D eigenvalue weighted by molar-refractivity contribution is -0.887. The highest BCUT2D eigenvalue weighted by atomic mass is 35.5. The van der Waals surface area contributed by atoms with Gasteiger partial charge in [0, 0.05) is 33.4 Å². The van der Waals surface area contributed by atoms with Gasteiger partial charge in [-0.25, -0.2) is 0 Å². The van der Waals surface area contributed by atoms with Gasteiger partial charge in [0.15, 0.2) is 0 Å². The van der Waals surface area contributed by atoms with E-state index in [1.54, 1.807) is 30.6 Å². The van der Waals surface area contributed by atoms with Crippen molar-refractivity contribution >= 4 is 58.0 Å². The SMILES string of the molecule is CO[n+]1cncc(CNC(=O)c2[nH]c3ccc(Cl)cc3c2P(=O)(OC)c2cc(Cl)cc(C#N)c2)c1. The van der Waals surface area contributed by atoms with Crippen molar-refractivity contribution in [3.8, 4) is 6.07 Å². The molecule has 1 amide bonds. The highest BCUT2D eigenvalue weighted by Crippen LogP contribution is 2.47. The van der Waals surface area contributed by atoms with Gasteiger partial charge in [0.25, 0.3) is 13.3 Å². The first kappa shape index (κ1) is 24.7. The lowest BCUT2D eigenvalue weighted by Gasteiger charge is -2.18. The number of hydrogen-bond donors (Lipinski definition) is 2. The number of nitrogens with zero attached hydrogens (tertiary/aromatic N) is 3. The van der Waals surface area contributed by atoms with Gasteiger partial charge in [0.1, 0.15) is 25.2 Å². The third-order valence-electron chi connectivity index (χ3n) is 5.24. The van der Waals surface area contributed by atoms with Crippen molar-refractivity contribution in [3.63, 3.8) is 0 Å². The van der Waals surface area contributed by atoms with Gasteiger partial charge >= 0.3 is 6.33 Å². The second kappa shape index (κ2) is 10.1. The summed E-state index contributed by atoms with van der Waals surface area (Å²) in [7, 11) is -1.15. The molecule has 0 saturated carbocycles. The number of fused-ring (bicyclic) bond motifs is 1. The Balaban J connectivity index is 1.84. The fourth-order valence-electron chi connectivity index (χ4n) is 3.64. The lowest BCUT2D eigenvalue weighted by Crippen LogP contribution is -2.41. The summed E-state index contributed by atoms with van der Waals surface area (Å²) in [6, 6.07) is 11.3. The Bertz CT molecular complexity index is 1530. The van der Waals surface area contributed by atoms with E-state index in [0.29, 0.717) is 21.5 Å². The van der Waals surface area contributed by atoms with Crippen molar-refractivity contribution in [2.24, 2.45) is 0 Å². The standard InChI is InChI=1S/C23H18Cl2N5O4P/c1-33-30-12-15(10-27-13-30)11-28-23(31)21-22(19-8-16(24)3-4-20(19)29-21)35(32,34-2)18-6-14(9-26)5-17(25)7-18/h3-8,10,12-13H,11H2,1-2H3,(H-,28,29,31,32)/p+1. The molecule has 2 N–H and O–H groups in total. The number of aromatic nitrogens is 3. The minimum atomic E-state index is -3.91. The minimum Gasteiger partial charge on any atom is -0.350 e. The topological polar surface area (TPSA) is 121 Å². The van der Waals surface area contributed by atoms with E-state index in [-0.39, 0.29) is 33.4 Å². The molecule has 2 aromatic heterocycles. The summed E-state index contributed by atoms with van der Waals surface area (Å²) in [6.07, 6.45) is 4.71. The van der Waals surface area contributed by atoms with Crippen LogP contribution in [0.2, 0.25) is 10.0 Å². The summed E-state index contributed by atoms with van der Waals surface area (Å²) >= 11 is 12.4. The van der Waals surface area contributed by atoms with Crippen molar-refractivity contribution in [2.45, 2.75) is 6.54 Å². The number of amides is 1. The van der Waals surface area contributed by atoms with E-state index in [9.17, 15) is 14.6 Å². The number of rotatable bonds is 7. The Labute approximate surface area is 210 Å². The molecule has 4 rings (SSSR count). The molecule has 0 saturated heterocycles. The normalized spacial score (nSPS) is 12.7. The summed E-state index contributed by atoms with van der Waals surface area (Å²) in [5, 5.41) is 13.5. The van der Waals surface area contributed by atoms with Crippen LogP contribution in [0.1, 0.15) is 21.6 Å². The van der Waals surface area contributed by atoms with Crippen molar-refractivity contribution in [1.29, 1.82) is 5.26 Å². The quantitative estimate of drug-likeness (QED) is 0.280. The summed E-state index contributed by atoms with van der Waals surface area (Å²) in [6.45, 7) is 0.124. The highest BCUT2D eigenvalue weighted by Gasteiger charge is 2.36. The van der Waals surface area contributed by atoms with Crippen LogP contribution in [0.25, 0.3) is 10.9 Å². The van der Waals surface area contributed by atoms with Crippen LogP contribution in [-0.4, -0.2) is 30.1 Å². The van der Waals surface area contributed by atoms with Crippen molar-refractivity contribution in [3.05, 3.63) is 82.0 Å². The molecule has 1 atom stereocenters. The number of carbonyl (C=O) groups is 1. The average Bonchev–Trinajstić information content (AvgIpc) is 3.25. The first-order chi connectivity index (χ1) is 16.8. The van der Waals surface area contributed by atoms with Crippen LogP contribution < -0.4 is 25.5 Å². The van der Waals surface area contributed by atoms with Crippen molar-refractivity contribution in [2.75, 3.05) is 14.2 Å². The Kier molecular flexibility index (Phi) is 7.10. The van der Waals surface area contributed by atoms with Crippen LogP contribution in [0.5, 0.6) is 0 Å². The molecule has 2 aromatic carbocycles. The smallest absolute Gasteiger partial charge is 0.324 e. The summed E-state index contributed by atoms with van der Waals surface area (Å²) in [5.74, 6) is -0.528. The second-order valence-electron chi connectivity index (χ2n) is 7.41. The van der Waals surface area contributed by atoms with E-state index in [1.165, 1.54) is 43.5 Å². The number of H-pyrrole nitrogens is 1. The molecule has 9 nitrogen and oxygen atoms in total. The monoisotopic (exact) mass is 530 g/mol. The van der Waals surface area contributed by atoms with Crippen LogP contribution >= 0.6 is 30.6 Å². The van der Waals surface area contributed by atoms with Gasteiger partial charge in [-0.15, -0.1) is 0 Å². The minimum absolute atomic E-state index is 0.0365. The lowest BCUT2D eigenvalue weighted by atomic mass is 10.2. The highest BCUT2D eigenvalue weighted by molar-refractivity contribution is 7.75. The number of benzene rings is 2. The molecule has 0 fully saturated rings. The van der Waals surface area contributed by atoms with Gasteiger partial charge in [0.2, 0.25) is 0 Å². The molecule has 0 radical (unpaired) electrons. The third-order valence-corrected chi connectivity index (χ3v) is 8.20. The number of aromatic amines is 1. The number of nitriles is 1. The molecular weight excluding hydrogens is 512 g/mol. The zero-order chi connectivity index (χ0) is 25.2. The zero-order valence-electron chi connectivity index (χ0n) is 18.6. The Morgan fingerprint density at radius 2 is 2.03 bits per heavy atom.